The average molecular weight is 320 g/mol. The monoisotopic (exact) mass is 320 g/mol. The summed E-state index contributed by atoms with van der Waals surface area (Å²) in [6, 6.07) is 11.3. The third kappa shape index (κ3) is 2.52. The summed E-state index contributed by atoms with van der Waals surface area (Å²) in [5.74, 6) is 0.620. The van der Waals surface area contributed by atoms with Crippen molar-refractivity contribution in [1.29, 1.82) is 0 Å². The molecule has 124 valence electrons. The van der Waals surface area contributed by atoms with Gasteiger partial charge in [-0.1, -0.05) is 26.0 Å². The van der Waals surface area contributed by atoms with Crippen molar-refractivity contribution in [3.63, 3.8) is 0 Å². The van der Waals surface area contributed by atoms with Gasteiger partial charge in [-0.25, -0.2) is 0 Å². The zero-order valence-corrected chi connectivity index (χ0v) is 14.8. The Morgan fingerprint density at radius 3 is 2.08 bits per heavy atom. The van der Waals surface area contributed by atoms with Crippen LogP contribution >= 0.6 is 0 Å². The topological polar surface area (TPSA) is 40.5 Å². The van der Waals surface area contributed by atoms with E-state index in [1.807, 2.05) is 24.3 Å². The lowest BCUT2D eigenvalue weighted by molar-refractivity contribution is 0.474. The van der Waals surface area contributed by atoms with Crippen molar-refractivity contribution in [2.45, 2.75) is 40.5 Å². The molecule has 2 N–H and O–H groups in total. The van der Waals surface area contributed by atoms with Gasteiger partial charge in [0.2, 0.25) is 0 Å². The SMILES string of the molecule is CCc1cc(O)ccc1-c1c(C)c(CC)c2cc(O)ccc2c1C. The molecule has 0 aliphatic rings. The molecule has 2 nitrogen and oxygen atoms in total. The number of aromatic hydroxyl groups is 2. The molecule has 0 bridgehead atoms. The van der Waals surface area contributed by atoms with Gasteiger partial charge in [0.05, 0.1) is 0 Å². The zero-order chi connectivity index (χ0) is 17.4. The quantitative estimate of drug-likeness (QED) is 0.653. The zero-order valence-electron chi connectivity index (χ0n) is 14.8. The molecule has 3 aromatic rings. The Balaban J connectivity index is 2.44. The number of benzene rings is 3. The normalized spacial score (nSPS) is 11.2. The van der Waals surface area contributed by atoms with Crippen molar-refractivity contribution in [1.82, 2.24) is 0 Å². The van der Waals surface area contributed by atoms with Gasteiger partial charge in [0.15, 0.2) is 0 Å². The van der Waals surface area contributed by atoms with Gasteiger partial charge in [0, 0.05) is 0 Å². The van der Waals surface area contributed by atoms with E-state index in [4.69, 9.17) is 0 Å². The van der Waals surface area contributed by atoms with E-state index in [-0.39, 0.29) is 0 Å². The van der Waals surface area contributed by atoms with Gasteiger partial charge in [-0.2, -0.15) is 0 Å². The number of phenolic OH excluding ortho intramolecular Hbond substituents is 2. The molecule has 0 spiro atoms. The van der Waals surface area contributed by atoms with Crippen molar-refractivity contribution < 1.29 is 10.2 Å². The molecule has 0 atom stereocenters. The average Bonchev–Trinajstić information content (AvgIpc) is 2.56. The van der Waals surface area contributed by atoms with Crippen LogP contribution in [-0.2, 0) is 12.8 Å². The summed E-state index contributed by atoms with van der Waals surface area (Å²) in [6.07, 6.45) is 1.79. The molecule has 0 aliphatic carbocycles. The first kappa shape index (κ1) is 16.4. The summed E-state index contributed by atoms with van der Waals surface area (Å²) in [6.45, 7) is 8.58. The largest absolute Gasteiger partial charge is 0.508 e. The van der Waals surface area contributed by atoms with E-state index in [2.05, 4.69) is 27.7 Å². The van der Waals surface area contributed by atoms with Crippen LogP contribution in [0.2, 0.25) is 0 Å². The molecule has 0 aromatic heterocycles. The molecular weight excluding hydrogens is 296 g/mol. The maximum atomic E-state index is 9.90. The van der Waals surface area contributed by atoms with Crippen molar-refractivity contribution in [2.24, 2.45) is 0 Å². The Morgan fingerprint density at radius 1 is 0.750 bits per heavy atom. The minimum atomic E-state index is 0.308. The molecular formula is C22H24O2. The third-order valence-corrected chi connectivity index (χ3v) is 5.03. The highest BCUT2D eigenvalue weighted by Crippen LogP contribution is 2.40. The fourth-order valence-corrected chi connectivity index (χ4v) is 3.85. The summed E-state index contributed by atoms with van der Waals surface area (Å²) >= 11 is 0. The van der Waals surface area contributed by atoms with Crippen LogP contribution in [0.4, 0.5) is 0 Å². The molecule has 0 saturated heterocycles. The summed E-state index contributed by atoms with van der Waals surface area (Å²) in [5, 5.41) is 22.0. The second-order valence-corrected chi connectivity index (χ2v) is 6.38. The van der Waals surface area contributed by atoms with Crippen LogP contribution in [0.25, 0.3) is 21.9 Å². The summed E-state index contributed by atoms with van der Waals surface area (Å²) in [7, 11) is 0. The molecule has 0 aliphatic heterocycles. The first-order valence-corrected chi connectivity index (χ1v) is 8.54. The number of phenols is 2. The number of hydrogen-bond donors (Lipinski definition) is 2. The van der Waals surface area contributed by atoms with E-state index in [0.29, 0.717) is 11.5 Å². The van der Waals surface area contributed by atoms with Crippen LogP contribution in [0.5, 0.6) is 11.5 Å². The Labute approximate surface area is 143 Å². The standard InChI is InChI=1S/C22H24O2/c1-5-15-11-16(23)8-10-20(15)22-13(3)18(6-2)21-12-17(24)7-9-19(21)14(22)4/h7-12,23-24H,5-6H2,1-4H3. The highest BCUT2D eigenvalue weighted by Gasteiger charge is 2.17. The highest BCUT2D eigenvalue weighted by atomic mass is 16.3. The van der Waals surface area contributed by atoms with E-state index in [1.165, 1.54) is 33.2 Å². The predicted molar refractivity (Wildman–Crippen MR) is 101 cm³/mol. The summed E-state index contributed by atoms with van der Waals surface area (Å²) in [4.78, 5) is 0. The number of fused-ring (bicyclic) bond motifs is 1. The number of aryl methyl sites for hydroxylation is 3. The molecule has 0 unspecified atom stereocenters. The summed E-state index contributed by atoms with van der Waals surface area (Å²) < 4.78 is 0. The maximum absolute atomic E-state index is 9.90. The highest BCUT2D eigenvalue weighted by molar-refractivity contribution is 5.97. The molecule has 0 amide bonds. The van der Waals surface area contributed by atoms with Crippen molar-refractivity contribution in [3.05, 3.63) is 58.7 Å². The van der Waals surface area contributed by atoms with Crippen LogP contribution in [-0.4, -0.2) is 10.2 Å². The molecule has 2 heteroatoms. The van der Waals surface area contributed by atoms with Crippen molar-refractivity contribution >= 4 is 10.8 Å². The molecule has 0 heterocycles. The van der Waals surface area contributed by atoms with Gasteiger partial charge in [-0.05, 0) is 95.1 Å². The van der Waals surface area contributed by atoms with Crippen LogP contribution in [0.15, 0.2) is 36.4 Å². The van der Waals surface area contributed by atoms with E-state index >= 15 is 0 Å². The molecule has 24 heavy (non-hydrogen) atoms. The lowest BCUT2D eigenvalue weighted by Crippen LogP contribution is -1.99. The van der Waals surface area contributed by atoms with Gasteiger partial charge >= 0.3 is 0 Å². The first-order valence-electron chi connectivity index (χ1n) is 8.54. The molecule has 0 fully saturated rings. The van der Waals surface area contributed by atoms with E-state index in [9.17, 15) is 10.2 Å². The minimum absolute atomic E-state index is 0.308. The number of rotatable bonds is 3. The van der Waals surface area contributed by atoms with Gasteiger partial charge in [-0.3, -0.25) is 0 Å². The van der Waals surface area contributed by atoms with Crippen molar-refractivity contribution in [2.75, 3.05) is 0 Å². The molecule has 0 saturated carbocycles. The van der Waals surface area contributed by atoms with Gasteiger partial charge < -0.3 is 10.2 Å². The van der Waals surface area contributed by atoms with Gasteiger partial charge in [-0.15, -0.1) is 0 Å². The van der Waals surface area contributed by atoms with Gasteiger partial charge in [0.1, 0.15) is 11.5 Å². The molecule has 3 aromatic carbocycles. The predicted octanol–water partition coefficient (Wildman–Crippen LogP) is 5.66. The van der Waals surface area contributed by atoms with E-state index in [0.717, 1.165) is 23.8 Å². The first-order chi connectivity index (χ1) is 11.5. The van der Waals surface area contributed by atoms with Crippen LogP contribution < -0.4 is 0 Å². The Morgan fingerprint density at radius 2 is 1.42 bits per heavy atom. The third-order valence-electron chi connectivity index (χ3n) is 5.03. The maximum Gasteiger partial charge on any atom is 0.116 e. The second kappa shape index (κ2) is 6.20. The fraction of sp³-hybridized carbons (Fsp3) is 0.273. The minimum Gasteiger partial charge on any atom is -0.508 e. The molecule has 0 radical (unpaired) electrons. The fourth-order valence-electron chi connectivity index (χ4n) is 3.85. The molecule has 3 rings (SSSR count). The smallest absolute Gasteiger partial charge is 0.116 e. The van der Waals surface area contributed by atoms with Gasteiger partial charge in [0.25, 0.3) is 0 Å². The number of hydrogen-bond acceptors (Lipinski definition) is 2. The lowest BCUT2D eigenvalue weighted by Gasteiger charge is -2.20. The Kier molecular flexibility index (Phi) is 4.23. The summed E-state index contributed by atoms with van der Waals surface area (Å²) in [5.41, 5.74) is 7.35. The lowest BCUT2D eigenvalue weighted by atomic mass is 9.84. The van der Waals surface area contributed by atoms with Crippen LogP contribution in [0.3, 0.4) is 0 Å². The van der Waals surface area contributed by atoms with Crippen LogP contribution in [0, 0.1) is 13.8 Å². The van der Waals surface area contributed by atoms with E-state index < -0.39 is 0 Å². The Bertz CT molecular complexity index is 923. The Hall–Kier alpha value is -2.48. The van der Waals surface area contributed by atoms with Crippen molar-refractivity contribution in [3.8, 4) is 22.6 Å². The van der Waals surface area contributed by atoms with E-state index in [1.54, 1.807) is 12.1 Å². The second-order valence-electron chi connectivity index (χ2n) is 6.38. The van der Waals surface area contributed by atoms with Crippen LogP contribution in [0.1, 0.15) is 36.1 Å².